The zero-order valence-corrected chi connectivity index (χ0v) is 10.9. The quantitative estimate of drug-likeness (QED) is 0.561. The Kier molecular flexibility index (Phi) is 3.99. The van der Waals surface area contributed by atoms with Crippen LogP contribution in [0.3, 0.4) is 0 Å². The van der Waals surface area contributed by atoms with Gasteiger partial charge in [-0.15, -0.1) is 0 Å². The molecular weight excluding hydrogens is 305 g/mol. The van der Waals surface area contributed by atoms with E-state index in [4.69, 9.17) is 0 Å². The van der Waals surface area contributed by atoms with E-state index in [0.29, 0.717) is 0 Å². The van der Waals surface area contributed by atoms with E-state index < -0.39 is 0 Å². The highest BCUT2D eigenvalue weighted by atomic mass is 127. The molecule has 0 spiro atoms. The summed E-state index contributed by atoms with van der Waals surface area (Å²) in [4.78, 5) is 14.0. The molecule has 1 N–H and O–H groups in total. The van der Waals surface area contributed by atoms with Gasteiger partial charge in [-0.25, -0.2) is 3.11 Å². The number of nitrogens with one attached hydrogen (secondary N) is 1. The standard InChI is InChI=1S/C10H16IN3O/c11-14-7-5-13(6-8-14)10(15)9-1-3-12-4-2-9/h1,12H,2-8H2. The molecule has 2 rings (SSSR count). The van der Waals surface area contributed by atoms with Crippen LogP contribution in [0.4, 0.5) is 0 Å². The first-order valence-electron chi connectivity index (χ1n) is 5.37. The molecule has 0 aromatic carbocycles. The van der Waals surface area contributed by atoms with Crippen molar-refractivity contribution in [3.63, 3.8) is 0 Å². The number of piperazine rings is 1. The van der Waals surface area contributed by atoms with E-state index in [1.165, 1.54) is 0 Å². The van der Waals surface area contributed by atoms with Crippen molar-refractivity contribution in [2.75, 3.05) is 39.3 Å². The molecule has 2 aliphatic heterocycles. The monoisotopic (exact) mass is 321 g/mol. The fourth-order valence-electron chi connectivity index (χ4n) is 1.91. The molecule has 0 aromatic rings. The summed E-state index contributed by atoms with van der Waals surface area (Å²) in [5, 5.41) is 3.22. The average molecular weight is 321 g/mol. The zero-order valence-electron chi connectivity index (χ0n) is 8.71. The van der Waals surface area contributed by atoms with E-state index >= 15 is 0 Å². The number of rotatable bonds is 1. The number of carbonyl (C=O) groups excluding carboxylic acids is 1. The van der Waals surface area contributed by atoms with Crippen LogP contribution in [0.15, 0.2) is 11.6 Å². The summed E-state index contributed by atoms with van der Waals surface area (Å²) in [5.41, 5.74) is 0.996. The van der Waals surface area contributed by atoms with Crippen LogP contribution in [0, 0.1) is 0 Å². The molecule has 0 bridgehead atoms. The van der Waals surface area contributed by atoms with E-state index in [1.807, 2.05) is 11.0 Å². The second kappa shape index (κ2) is 5.27. The summed E-state index contributed by atoms with van der Waals surface area (Å²) in [7, 11) is 0. The highest BCUT2D eigenvalue weighted by molar-refractivity contribution is 14.1. The van der Waals surface area contributed by atoms with Gasteiger partial charge in [-0.1, -0.05) is 6.08 Å². The molecule has 0 radical (unpaired) electrons. The van der Waals surface area contributed by atoms with Crippen LogP contribution in [0.2, 0.25) is 0 Å². The van der Waals surface area contributed by atoms with Gasteiger partial charge in [0.05, 0.1) is 0 Å². The van der Waals surface area contributed by atoms with Crippen molar-refractivity contribution in [1.82, 2.24) is 13.3 Å². The minimum Gasteiger partial charge on any atom is -0.336 e. The van der Waals surface area contributed by atoms with Crippen LogP contribution >= 0.6 is 22.9 Å². The molecular formula is C10H16IN3O. The molecule has 1 saturated heterocycles. The van der Waals surface area contributed by atoms with Crippen molar-refractivity contribution in [2.45, 2.75) is 6.42 Å². The molecule has 1 amide bonds. The highest BCUT2D eigenvalue weighted by Crippen LogP contribution is 2.13. The molecule has 0 saturated carbocycles. The average Bonchev–Trinajstić information content (AvgIpc) is 2.30. The molecule has 4 nitrogen and oxygen atoms in total. The second-order valence-corrected chi connectivity index (χ2v) is 5.25. The number of hydrogen-bond acceptors (Lipinski definition) is 3. The van der Waals surface area contributed by atoms with Crippen molar-refractivity contribution in [3.8, 4) is 0 Å². The van der Waals surface area contributed by atoms with Crippen LogP contribution in [0.1, 0.15) is 6.42 Å². The minimum absolute atomic E-state index is 0.251. The third-order valence-electron chi connectivity index (χ3n) is 2.85. The van der Waals surface area contributed by atoms with E-state index in [0.717, 1.165) is 51.3 Å². The summed E-state index contributed by atoms with van der Waals surface area (Å²) in [6, 6.07) is 0. The lowest BCUT2D eigenvalue weighted by Gasteiger charge is -2.32. The molecule has 84 valence electrons. The lowest BCUT2D eigenvalue weighted by molar-refractivity contribution is -0.128. The third kappa shape index (κ3) is 2.92. The summed E-state index contributed by atoms with van der Waals surface area (Å²) >= 11 is 2.32. The summed E-state index contributed by atoms with van der Waals surface area (Å²) in [6.07, 6.45) is 2.91. The van der Waals surface area contributed by atoms with Gasteiger partial charge in [0.2, 0.25) is 5.91 Å². The van der Waals surface area contributed by atoms with Gasteiger partial charge in [-0.3, -0.25) is 4.79 Å². The first-order valence-corrected chi connectivity index (χ1v) is 6.33. The zero-order chi connectivity index (χ0) is 10.7. The van der Waals surface area contributed by atoms with Crippen molar-refractivity contribution in [1.29, 1.82) is 0 Å². The van der Waals surface area contributed by atoms with E-state index in [-0.39, 0.29) is 5.91 Å². The van der Waals surface area contributed by atoms with Gasteiger partial charge in [0.15, 0.2) is 0 Å². The van der Waals surface area contributed by atoms with Gasteiger partial charge in [0.1, 0.15) is 0 Å². The lowest BCUT2D eigenvalue weighted by atomic mass is 10.1. The Labute approximate surface area is 104 Å². The van der Waals surface area contributed by atoms with Crippen molar-refractivity contribution in [3.05, 3.63) is 11.6 Å². The number of hydrogen-bond donors (Lipinski definition) is 1. The van der Waals surface area contributed by atoms with Gasteiger partial charge in [0.25, 0.3) is 0 Å². The van der Waals surface area contributed by atoms with Crippen molar-refractivity contribution >= 4 is 28.8 Å². The van der Waals surface area contributed by atoms with Crippen molar-refractivity contribution < 1.29 is 4.79 Å². The normalized spacial score (nSPS) is 23.8. The summed E-state index contributed by atoms with van der Waals surface area (Å²) in [5.74, 6) is 0.251. The van der Waals surface area contributed by atoms with Gasteiger partial charge in [-0.05, 0) is 13.0 Å². The van der Waals surface area contributed by atoms with Gasteiger partial charge < -0.3 is 10.2 Å². The molecule has 0 aliphatic carbocycles. The second-order valence-electron chi connectivity index (χ2n) is 3.89. The minimum atomic E-state index is 0.251. The topological polar surface area (TPSA) is 35.6 Å². The van der Waals surface area contributed by atoms with Gasteiger partial charge >= 0.3 is 0 Å². The number of carbonyl (C=O) groups is 1. The van der Waals surface area contributed by atoms with Crippen molar-refractivity contribution in [2.24, 2.45) is 0 Å². The van der Waals surface area contributed by atoms with Crippen LogP contribution in [0.25, 0.3) is 0 Å². The maximum absolute atomic E-state index is 12.1. The molecule has 15 heavy (non-hydrogen) atoms. The van der Waals surface area contributed by atoms with Crippen LogP contribution in [-0.4, -0.2) is 53.2 Å². The third-order valence-corrected chi connectivity index (χ3v) is 3.82. The Bertz CT molecular complexity index is 272. The Morgan fingerprint density at radius 1 is 1.33 bits per heavy atom. The van der Waals surface area contributed by atoms with Gasteiger partial charge in [-0.2, -0.15) is 0 Å². The SMILES string of the molecule is O=C(C1=CCNCC1)N1CCN(I)CC1. The number of halogens is 1. The van der Waals surface area contributed by atoms with E-state index in [1.54, 1.807) is 0 Å². The van der Waals surface area contributed by atoms with Crippen LogP contribution in [-0.2, 0) is 4.79 Å². The molecule has 5 heteroatoms. The molecule has 2 aliphatic rings. The summed E-state index contributed by atoms with van der Waals surface area (Å²) in [6.45, 7) is 5.48. The largest absolute Gasteiger partial charge is 0.336 e. The fourth-order valence-corrected chi connectivity index (χ4v) is 2.34. The maximum Gasteiger partial charge on any atom is 0.249 e. The van der Waals surface area contributed by atoms with E-state index in [2.05, 4.69) is 31.3 Å². The van der Waals surface area contributed by atoms with Gasteiger partial charge in [0, 0.05) is 61.2 Å². The predicted molar refractivity (Wildman–Crippen MR) is 67.7 cm³/mol. The maximum atomic E-state index is 12.1. The molecule has 0 aromatic heterocycles. The fraction of sp³-hybridized carbons (Fsp3) is 0.700. The number of nitrogens with zero attached hydrogens (tertiary/aromatic N) is 2. The van der Waals surface area contributed by atoms with Crippen LogP contribution in [0.5, 0.6) is 0 Å². The molecule has 2 heterocycles. The Balaban J connectivity index is 1.92. The molecule has 0 unspecified atom stereocenters. The Morgan fingerprint density at radius 2 is 2.07 bits per heavy atom. The predicted octanol–water partition coefficient (Wildman–Crippen LogP) is 0.400. The first-order chi connectivity index (χ1) is 7.27. The summed E-state index contributed by atoms with van der Waals surface area (Å²) < 4.78 is 2.23. The van der Waals surface area contributed by atoms with Crippen LogP contribution < -0.4 is 5.32 Å². The lowest BCUT2D eigenvalue weighted by Crippen LogP contribution is -2.46. The molecule has 1 fully saturated rings. The number of amides is 1. The highest BCUT2D eigenvalue weighted by Gasteiger charge is 2.22. The first kappa shape index (κ1) is 11.3. The Hall–Kier alpha value is -0.140. The van der Waals surface area contributed by atoms with E-state index in [9.17, 15) is 4.79 Å². The smallest absolute Gasteiger partial charge is 0.249 e. The Morgan fingerprint density at radius 3 is 2.67 bits per heavy atom. The molecule has 0 atom stereocenters.